The van der Waals surface area contributed by atoms with Gasteiger partial charge in [0.25, 0.3) is 5.91 Å². The van der Waals surface area contributed by atoms with Gasteiger partial charge in [0.15, 0.2) is 6.61 Å². The average Bonchev–Trinajstić information content (AvgIpc) is 3.31. The zero-order valence-electron chi connectivity index (χ0n) is 17.6. The summed E-state index contributed by atoms with van der Waals surface area (Å²) in [6.45, 7) is 2.91. The molecule has 12 heteroatoms. The summed E-state index contributed by atoms with van der Waals surface area (Å²) < 4.78 is 19.4. The van der Waals surface area contributed by atoms with Crippen LogP contribution in [0.15, 0.2) is 35.7 Å². The van der Waals surface area contributed by atoms with Crippen molar-refractivity contribution in [1.82, 2.24) is 25.6 Å². The number of esters is 1. The lowest BCUT2D eigenvalue weighted by atomic mass is 10.2. The predicted octanol–water partition coefficient (Wildman–Crippen LogP) is 2.68. The number of halogens is 2. The highest BCUT2D eigenvalue weighted by atomic mass is 35.5. The van der Waals surface area contributed by atoms with Crippen LogP contribution in [0.3, 0.4) is 0 Å². The lowest BCUT2D eigenvalue weighted by molar-refractivity contribution is -0.144. The summed E-state index contributed by atoms with van der Waals surface area (Å²) in [4.78, 5) is 39.7. The SMILES string of the molecule is Cc1csc(CC(=O)NNC(=O)COC(=O)/C=C/c2c(C)nn(-c3ccc(F)cc3)c2Cl)n1. The molecule has 33 heavy (non-hydrogen) atoms. The molecule has 0 aliphatic carbocycles. The normalized spacial score (nSPS) is 10.9. The van der Waals surface area contributed by atoms with Crippen LogP contribution in [0.25, 0.3) is 11.8 Å². The van der Waals surface area contributed by atoms with Gasteiger partial charge in [0.1, 0.15) is 16.0 Å². The van der Waals surface area contributed by atoms with Crippen molar-refractivity contribution in [2.45, 2.75) is 20.3 Å². The van der Waals surface area contributed by atoms with Gasteiger partial charge in [-0.3, -0.25) is 20.4 Å². The van der Waals surface area contributed by atoms with Gasteiger partial charge in [0.2, 0.25) is 5.91 Å². The van der Waals surface area contributed by atoms with Crippen molar-refractivity contribution in [3.05, 3.63) is 68.7 Å². The first-order chi connectivity index (χ1) is 15.7. The first-order valence-corrected chi connectivity index (χ1v) is 10.8. The molecule has 0 fully saturated rings. The van der Waals surface area contributed by atoms with Crippen molar-refractivity contribution in [3.8, 4) is 5.69 Å². The second-order valence-electron chi connectivity index (χ2n) is 6.77. The highest BCUT2D eigenvalue weighted by Crippen LogP contribution is 2.24. The second-order valence-corrected chi connectivity index (χ2v) is 8.08. The first kappa shape index (κ1) is 24.1. The molecule has 0 unspecified atom stereocenters. The lowest BCUT2D eigenvalue weighted by Gasteiger charge is -2.06. The zero-order chi connectivity index (χ0) is 24.0. The van der Waals surface area contributed by atoms with Crippen molar-refractivity contribution in [3.63, 3.8) is 0 Å². The Hall–Kier alpha value is -3.57. The Kier molecular flexibility index (Phi) is 7.91. The van der Waals surface area contributed by atoms with Crippen LogP contribution in [0.2, 0.25) is 5.15 Å². The second kappa shape index (κ2) is 10.8. The van der Waals surface area contributed by atoms with Gasteiger partial charge in [-0.05, 0) is 44.2 Å². The van der Waals surface area contributed by atoms with Crippen molar-refractivity contribution in [2.75, 3.05) is 6.61 Å². The topological polar surface area (TPSA) is 115 Å². The molecular formula is C21H19ClFN5O4S. The minimum absolute atomic E-state index is 0.0209. The molecule has 0 aliphatic heterocycles. The van der Waals surface area contributed by atoms with Crippen molar-refractivity contribution >= 4 is 46.8 Å². The molecule has 0 spiro atoms. The molecular weight excluding hydrogens is 473 g/mol. The van der Waals surface area contributed by atoms with Crippen LogP contribution in [0.5, 0.6) is 0 Å². The fourth-order valence-electron chi connectivity index (χ4n) is 2.63. The summed E-state index contributed by atoms with van der Waals surface area (Å²) in [6, 6.07) is 5.60. The number of aromatic nitrogens is 3. The number of ether oxygens (including phenoxy) is 1. The fourth-order valence-corrected chi connectivity index (χ4v) is 3.74. The van der Waals surface area contributed by atoms with E-state index in [4.69, 9.17) is 16.3 Å². The first-order valence-electron chi connectivity index (χ1n) is 9.57. The molecule has 0 atom stereocenters. The van der Waals surface area contributed by atoms with Gasteiger partial charge in [-0.15, -0.1) is 11.3 Å². The Bertz CT molecular complexity index is 1210. The van der Waals surface area contributed by atoms with Crippen LogP contribution in [0.1, 0.15) is 22.0 Å². The third kappa shape index (κ3) is 6.70. The molecule has 2 N–H and O–H groups in total. The maximum Gasteiger partial charge on any atom is 0.331 e. The molecule has 172 valence electrons. The number of nitrogens with zero attached hydrogens (tertiary/aromatic N) is 3. The van der Waals surface area contributed by atoms with Crippen molar-refractivity contribution in [2.24, 2.45) is 0 Å². The van der Waals surface area contributed by atoms with E-state index in [1.807, 2.05) is 12.3 Å². The van der Waals surface area contributed by atoms with Crippen LogP contribution >= 0.6 is 22.9 Å². The van der Waals surface area contributed by atoms with E-state index in [-0.39, 0.29) is 17.4 Å². The minimum atomic E-state index is -0.792. The smallest absolute Gasteiger partial charge is 0.331 e. The molecule has 9 nitrogen and oxygen atoms in total. The van der Waals surface area contributed by atoms with E-state index in [1.54, 1.807) is 6.92 Å². The maximum absolute atomic E-state index is 13.1. The van der Waals surface area contributed by atoms with Crippen LogP contribution in [-0.2, 0) is 25.5 Å². The number of hydrazine groups is 1. The van der Waals surface area contributed by atoms with E-state index < -0.39 is 24.4 Å². The number of amides is 2. The highest BCUT2D eigenvalue weighted by Gasteiger charge is 2.14. The third-order valence-corrected chi connectivity index (χ3v) is 5.50. The van der Waals surface area contributed by atoms with Gasteiger partial charge in [-0.2, -0.15) is 5.10 Å². The Morgan fingerprint density at radius 3 is 2.55 bits per heavy atom. The van der Waals surface area contributed by atoms with Gasteiger partial charge in [0, 0.05) is 22.7 Å². The molecule has 0 saturated carbocycles. The molecule has 3 aromatic rings. The summed E-state index contributed by atoms with van der Waals surface area (Å²) in [7, 11) is 0. The monoisotopic (exact) mass is 491 g/mol. The predicted molar refractivity (Wildman–Crippen MR) is 120 cm³/mol. The Morgan fingerprint density at radius 1 is 1.18 bits per heavy atom. The van der Waals surface area contributed by atoms with Gasteiger partial charge < -0.3 is 4.74 Å². The summed E-state index contributed by atoms with van der Waals surface area (Å²) in [5.41, 5.74) is 6.74. The number of benzene rings is 1. The number of rotatable bonds is 7. The number of hydrogen-bond donors (Lipinski definition) is 2. The number of carbonyl (C=O) groups excluding carboxylic acids is 3. The highest BCUT2D eigenvalue weighted by molar-refractivity contribution is 7.09. The van der Waals surface area contributed by atoms with Crippen LogP contribution in [0, 0.1) is 19.7 Å². The van der Waals surface area contributed by atoms with Crippen LogP contribution in [0.4, 0.5) is 4.39 Å². The Labute approximate surface area is 197 Å². The van der Waals surface area contributed by atoms with E-state index in [0.717, 1.165) is 11.8 Å². The zero-order valence-corrected chi connectivity index (χ0v) is 19.2. The number of hydrogen-bond acceptors (Lipinski definition) is 7. The minimum Gasteiger partial charge on any atom is -0.452 e. The average molecular weight is 492 g/mol. The molecule has 2 aromatic heterocycles. The van der Waals surface area contributed by atoms with Crippen molar-refractivity contribution in [1.29, 1.82) is 0 Å². The quantitative estimate of drug-likeness (QED) is 0.298. The number of thiazole rings is 1. The van der Waals surface area contributed by atoms with Crippen LogP contribution < -0.4 is 10.9 Å². The van der Waals surface area contributed by atoms with E-state index in [1.165, 1.54) is 46.4 Å². The van der Waals surface area contributed by atoms with Gasteiger partial charge in [0.05, 0.1) is 17.8 Å². The van der Waals surface area contributed by atoms with Gasteiger partial charge >= 0.3 is 5.97 Å². The molecule has 0 bridgehead atoms. The molecule has 3 rings (SSSR count). The molecule has 0 saturated heterocycles. The van der Waals surface area contributed by atoms with Crippen LogP contribution in [-0.4, -0.2) is 39.2 Å². The fraction of sp³-hybridized carbons (Fsp3) is 0.190. The van der Waals surface area contributed by atoms with E-state index in [9.17, 15) is 18.8 Å². The number of aryl methyl sites for hydroxylation is 2. The summed E-state index contributed by atoms with van der Waals surface area (Å²) in [6.07, 6.45) is 2.53. The standard InChI is InChI=1S/C21H19ClFN5O4S/c1-12-11-33-19(24-12)9-17(29)25-26-18(30)10-32-20(31)8-7-16-13(2)27-28(21(16)22)15-5-3-14(23)4-6-15/h3-8,11H,9-10H2,1-2H3,(H,25,29)(H,26,30)/b8-7+. The molecule has 1 aromatic carbocycles. The molecule has 0 aliphatic rings. The molecule has 0 radical (unpaired) electrons. The van der Waals surface area contributed by atoms with E-state index >= 15 is 0 Å². The molecule has 2 heterocycles. The lowest BCUT2D eigenvalue weighted by Crippen LogP contribution is -2.44. The number of carbonyl (C=O) groups is 3. The van der Waals surface area contributed by atoms with E-state index in [2.05, 4.69) is 20.9 Å². The largest absolute Gasteiger partial charge is 0.452 e. The van der Waals surface area contributed by atoms with Crippen molar-refractivity contribution < 1.29 is 23.5 Å². The van der Waals surface area contributed by atoms with Gasteiger partial charge in [-0.25, -0.2) is 18.9 Å². The Balaban J connectivity index is 1.48. The summed E-state index contributed by atoms with van der Waals surface area (Å²) in [5.74, 6) is -2.34. The van der Waals surface area contributed by atoms with Gasteiger partial charge in [-0.1, -0.05) is 11.6 Å². The summed E-state index contributed by atoms with van der Waals surface area (Å²) >= 11 is 7.68. The maximum atomic E-state index is 13.1. The number of nitrogens with one attached hydrogen (secondary N) is 2. The third-order valence-electron chi connectivity index (χ3n) is 4.17. The summed E-state index contributed by atoms with van der Waals surface area (Å²) in [5, 5.41) is 6.94. The Morgan fingerprint density at radius 2 is 1.88 bits per heavy atom. The van der Waals surface area contributed by atoms with E-state index in [0.29, 0.717) is 22.0 Å². The molecule has 2 amide bonds.